The van der Waals surface area contributed by atoms with Crippen LogP contribution in [0.3, 0.4) is 0 Å². The number of carbonyl (C=O) groups is 1. The van der Waals surface area contributed by atoms with Gasteiger partial charge in [0.05, 0.1) is 22.3 Å². The summed E-state index contributed by atoms with van der Waals surface area (Å²) in [6.45, 7) is 3.92. The van der Waals surface area contributed by atoms with E-state index in [-0.39, 0.29) is 11.6 Å². The molecule has 0 bridgehead atoms. The quantitative estimate of drug-likeness (QED) is 0.692. The number of carbonyl (C=O) groups excluding carboxylic acids is 1. The smallest absolute Gasteiger partial charge is 0.274 e. The first-order chi connectivity index (χ1) is 13.0. The molecule has 7 heteroatoms. The van der Waals surface area contributed by atoms with Crippen molar-refractivity contribution in [2.45, 2.75) is 13.8 Å². The van der Waals surface area contributed by atoms with Crippen LogP contribution in [-0.4, -0.2) is 15.9 Å². The van der Waals surface area contributed by atoms with Crippen LogP contribution in [0.4, 0.5) is 17.2 Å². The van der Waals surface area contributed by atoms with Crippen LogP contribution < -0.4 is 10.6 Å². The maximum Gasteiger partial charge on any atom is 0.274 e. The molecular formula is C20H16ClN5O. The zero-order valence-electron chi connectivity index (χ0n) is 14.7. The van der Waals surface area contributed by atoms with Crippen LogP contribution in [0.15, 0.2) is 48.8 Å². The number of nitrogens with one attached hydrogen (secondary N) is 2. The van der Waals surface area contributed by atoms with Crippen molar-refractivity contribution in [2.75, 3.05) is 10.6 Å². The van der Waals surface area contributed by atoms with Gasteiger partial charge < -0.3 is 10.6 Å². The van der Waals surface area contributed by atoms with Crippen LogP contribution in [0.1, 0.15) is 27.2 Å². The largest absolute Gasteiger partial charge is 0.339 e. The third-order valence-corrected chi connectivity index (χ3v) is 4.15. The van der Waals surface area contributed by atoms with E-state index in [9.17, 15) is 4.79 Å². The number of aromatic nitrogens is 2. The molecule has 0 aliphatic heterocycles. The Balaban J connectivity index is 1.79. The van der Waals surface area contributed by atoms with Gasteiger partial charge >= 0.3 is 0 Å². The number of hydrogen-bond acceptors (Lipinski definition) is 5. The fourth-order valence-electron chi connectivity index (χ4n) is 2.58. The summed E-state index contributed by atoms with van der Waals surface area (Å²) in [6.07, 6.45) is 1.31. The molecule has 0 atom stereocenters. The summed E-state index contributed by atoms with van der Waals surface area (Å²) in [7, 11) is 0. The number of nitrogens with zero attached hydrogens (tertiary/aromatic N) is 3. The van der Waals surface area contributed by atoms with Crippen LogP contribution in [0, 0.1) is 25.2 Å². The summed E-state index contributed by atoms with van der Waals surface area (Å²) in [4.78, 5) is 20.6. The number of hydrogen-bond donors (Lipinski definition) is 2. The first kappa shape index (κ1) is 18.4. The Kier molecular flexibility index (Phi) is 5.34. The molecule has 3 aromatic rings. The lowest BCUT2D eigenvalue weighted by Crippen LogP contribution is -2.14. The molecule has 0 unspecified atom stereocenters. The molecule has 1 aromatic heterocycles. The van der Waals surface area contributed by atoms with Gasteiger partial charge in [0.15, 0.2) is 0 Å². The van der Waals surface area contributed by atoms with E-state index in [2.05, 4.69) is 20.6 Å². The first-order valence-corrected chi connectivity index (χ1v) is 8.51. The minimum Gasteiger partial charge on any atom is -0.339 e. The minimum absolute atomic E-state index is 0.206. The summed E-state index contributed by atoms with van der Waals surface area (Å²) < 4.78 is 0. The lowest BCUT2D eigenvalue weighted by Gasteiger charge is -2.12. The maximum absolute atomic E-state index is 12.4. The van der Waals surface area contributed by atoms with Crippen LogP contribution in [0.5, 0.6) is 0 Å². The SMILES string of the molecule is Cc1cc(C)c(Nc2cc(C(=O)Nc3ccc(C#N)cc3)ncn2)c(Cl)c1. The molecule has 0 fully saturated rings. The molecule has 0 aliphatic carbocycles. The summed E-state index contributed by atoms with van der Waals surface area (Å²) >= 11 is 6.31. The molecule has 6 nitrogen and oxygen atoms in total. The summed E-state index contributed by atoms with van der Waals surface area (Å²) in [6, 6.07) is 14.0. The predicted molar refractivity (Wildman–Crippen MR) is 105 cm³/mol. The second kappa shape index (κ2) is 7.85. The Hall–Kier alpha value is -3.43. The van der Waals surface area contributed by atoms with E-state index in [4.69, 9.17) is 16.9 Å². The molecule has 0 saturated heterocycles. The number of nitriles is 1. The van der Waals surface area contributed by atoms with Gasteiger partial charge in [0.2, 0.25) is 0 Å². The van der Waals surface area contributed by atoms with Gasteiger partial charge in [-0.2, -0.15) is 5.26 Å². The minimum atomic E-state index is -0.378. The number of benzene rings is 2. The molecular weight excluding hydrogens is 362 g/mol. The van der Waals surface area contributed by atoms with E-state index >= 15 is 0 Å². The molecule has 2 N–H and O–H groups in total. The standard InChI is InChI=1S/C20H16ClN5O/c1-12-7-13(2)19(16(21)8-12)26-18-9-17(23-11-24-18)20(27)25-15-5-3-14(10-22)4-6-15/h3-9,11H,1-2H3,(H,25,27)(H,23,24,26). The van der Waals surface area contributed by atoms with Crippen LogP contribution in [0.2, 0.25) is 5.02 Å². The molecule has 27 heavy (non-hydrogen) atoms. The van der Waals surface area contributed by atoms with Crippen molar-refractivity contribution in [3.8, 4) is 6.07 Å². The van der Waals surface area contributed by atoms with Crippen LogP contribution in [-0.2, 0) is 0 Å². The molecule has 0 aliphatic rings. The van der Waals surface area contributed by atoms with Crippen molar-refractivity contribution >= 4 is 34.7 Å². The lowest BCUT2D eigenvalue weighted by atomic mass is 10.1. The zero-order valence-corrected chi connectivity index (χ0v) is 15.5. The molecule has 2 aromatic carbocycles. The van der Waals surface area contributed by atoms with Crippen molar-refractivity contribution in [3.05, 3.63) is 76.2 Å². The normalized spacial score (nSPS) is 10.1. The molecule has 0 spiro atoms. The number of rotatable bonds is 4. The van der Waals surface area contributed by atoms with Crippen LogP contribution in [0.25, 0.3) is 0 Å². The van der Waals surface area contributed by atoms with Crippen LogP contribution >= 0.6 is 11.6 Å². The van der Waals surface area contributed by atoms with Crippen molar-refractivity contribution < 1.29 is 4.79 Å². The van der Waals surface area contributed by atoms with Crippen molar-refractivity contribution in [3.63, 3.8) is 0 Å². The Morgan fingerprint density at radius 2 is 1.85 bits per heavy atom. The molecule has 0 saturated carbocycles. The molecule has 3 rings (SSSR count). The number of halogens is 1. The van der Waals surface area contributed by atoms with Gasteiger partial charge in [0.1, 0.15) is 17.8 Å². The van der Waals surface area contributed by atoms with Crippen molar-refractivity contribution in [1.82, 2.24) is 9.97 Å². The Labute approximate surface area is 161 Å². The van der Waals surface area contributed by atoms with Gasteiger partial charge in [0.25, 0.3) is 5.91 Å². The second-order valence-electron chi connectivity index (χ2n) is 6.00. The average molecular weight is 378 g/mol. The molecule has 1 amide bonds. The highest BCUT2D eigenvalue weighted by Gasteiger charge is 2.11. The third-order valence-electron chi connectivity index (χ3n) is 3.86. The van der Waals surface area contributed by atoms with Gasteiger partial charge in [0, 0.05) is 11.8 Å². The topological polar surface area (TPSA) is 90.7 Å². The van der Waals surface area contributed by atoms with E-state index in [1.54, 1.807) is 30.3 Å². The average Bonchev–Trinajstić information content (AvgIpc) is 2.65. The number of amides is 1. The van der Waals surface area contributed by atoms with E-state index in [1.165, 1.54) is 6.33 Å². The molecule has 0 radical (unpaired) electrons. The highest BCUT2D eigenvalue weighted by atomic mass is 35.5. The van der Waals surface area contributed by atoms with E-state index in [1.807, 2.05) is 32.0 Å². The second-order valence-corrected chi connectivity index (χ2v) is 6.40. The Bertz CT molecular complexity index is 1020. The van der Waals surface area contributed by atoms with Crippen molar-refractivity contribution in [2.24, 2.45) is 0 Å². The maximum atomic E-state index is 12.4. The Morgan fingerprint density at radius 3 is 2.52 bits per heavy atom. The van der Waals surface area contributed by atoms with Gasteiger partial charge in [-0.05, 0) is 55.3 Å². The van der Waals surface area contributed by atoms with E-state index in [0.717, 1.165) is 16.8 Å². The fraction of sp³-hybridized carbons (Fsp3) is 0.100. The third kappa shape index (κ3) is 4.40. The summed E-state index contributed by atoms with van der Waals surface area (Å²) in [5.41, 5.74) is 4.07. The van der Waals surface area contributed by atoms with E-state index < -0.39 is 0 Å². The lowest BCUT2D eigenvalue weighted by molar-refractivity contribution is 0.102. The van der Waals surface area contributed by atoms with Gasteiger partial charge in [-0.3, -0.25) is 4.79 Å². The fourth-order valence-corrected chi connectivity index (χ4v) is 2.94. The van der Waals surface area contributed by atoms with Gasteiger partial charge in [-0.1, -0.05) is 17.7 Å². The highest BCUT2D eigenvalue weighted by molar-refractivity contribution is 6.33. The van der Waals surface area contributed by atoms with Crippen molar-refractivity contribution in [1.29, 1.82) is 5.26 Å². The summed E-state index contributed by atoms with van der Waals surface area (Å²) in [5.74, 6) is 0.0840. The predicted octanol–water partition coefficient (Wildman–Crippen LogP) is 4.61. The zero-order chi connectivity index (χ0) is 19.4. The summed E-state index contributed by atoms with van der Waals surface area (Å²) in [5, 5.41) is 15.3. The molecule has 1 heterocycles. The number of anilines is 3. The Morgan fingerprint density at radius 1 is 1.11 bits per heavy atom. The number of aryl methyl sites for hydroxylation is 2. The first-order valence-electron chi connectivity index (χ1n) is 8.13. The van der Waals surface area contributed by atoms with E-state index in [0.29, 0.717) is 22.1 Å². The highest BCUT2D eigenvalue weighted by Crippen LogP contribution is 2.29. The monoisotopic (exact) mass is 377 g/mol. The molecule has 134 valence electrons. The van der Waals surface area contributed by atoms with Gasteiger partial charge in [-0.25, -0.2) is 9.97 Å². The van der Waals surface area contributed by atoms with Gasteiger partial charge in [-0.15, -0.1) is 0 Å².